The summed E-state index contributed by atoms with van der Waals surface area (Å²) in [6.45, 7) is 0.587. The lowest BCUT2D eigenvalue weighted by atomic mass is 10.1. The lowest BCUT2D eigenvalue weighted by Gasteiger charge is -2.16. The van der Waals surface area contributed by atoms with Crippen molar-refractivity contribution < 1.29 is 9.84 Å². The third kappa shape index (κ3) is 5.27. The summed E-state index contributed by atoms with van der Waals surface area (Å²) in [5, 5.41) is 14.4. The largest absolute Gasteiger partial charge is 0.491 e. The van der Waals surface area contributed by atoms with Crippen molar-refractivity contribution in [2.24, 2.45) is 7.05 Å². The van der Waals surface area contributed by atoms with Gasteiger partial charge in [-0.3, -0.25) is 14.3 Å². The Morgan fingerprint density at radius 2 is 1.88 bits per heavy atom. The molecule has 0 radical (unpaired) electrons. The first kappa shape index (κ1) is 22.6. The van der Waals surface area contributed by atoms with Crippen molar-refractivity contribution in [3.63, 3.8) is 0 Å². The summed E-state index contributed by atoms with van der Waals surface area (Å²) >= 11 is 5.88. The number of aliphatic hydroxyl groups is 1. The molecule has 0 spiro atoms. The summed E-state index contributed by atoms with van der Waals surface area (Å²) in [6, 6.07) is 16.7. The quantitative estimate of drug-likeness (QED) is 0.346. The minimum Gasteiger partial charge on any atom is -0.491 e. The number of aromatic nitrogens is 4. The Bertz CT molecular complexity index is 1350. The van der Waals surface area contributed by atoms with Crippen molar-refractivity contribution in [3.05, 3.63) is 86.0 Å². The van der Waals surface area contributed by atoms with Gasteiger partial charge in [0.2, 0.25) is 5.95 Å². The highest BCUT2D eigenvalue weighted by Crippen LogP contribution is 2.18. The highest BCUT2D eigenvalue weighted by molar-refractivity contribution is 6.30. The maximum atomic E-state index is 12.6. The van der Waals surface area contributed by atoms with Gasteiger partial charge in [0.1, 0.15) is 18.5 Å². The smallest absolute Gasteiger partial charge is 0.329 e. The molecule has 0 aliphatic heterocycles. The molecule has 0 unspecified atom stereocenters. The van der Waals surface area contributed by atoms with Crippen LogP contribution in [0.3, 0.4) is 0 Å². The van der Waals surface area contributed by atoms with Gasteiger partial charge in [-0.2, -0.15) is 4.98 Å². The topological polar surface area (TPSA) is 114 Å². The molecule has 2 aromatic heterocycles. The molecule has 172 valence electrons. The molecule has 33 heavy (non-hydrogen) atoms. The van der Waals surface area contributed by atoms with Gasteiger partial charge in [-0.25, -0.2) is 4.79 Å². The SMILES string of the molecule is Cn1c(=O)[nH]c(=O)c2c1nc(NCCc1ccccc1)n2C[C@H](O)COc1ccc(Cl)cc1. The number of aromatic amines is 1. The van der Waals surface area contributed by atoms with Crippen molar-refractivity contribution in [1.82, 2.24) is 19.1 Å². The van der Waals surface area contributed by atoms with Gasteiger partial charge >= 0.3 is 5.69 Å². The molecule has 10 heteroatoms. The van der Waals surface area contributed by atoms with Gasteiger partial charge in [-0.1, -0.05) is 41.9 Å². The molecule has 0 saturated carbocycles. The molecule has 2 aromatic carbocycles. The molecule has 1 atom stereocenters. The van der Waals surface area contributed by atoms with Crippen LogP contribution in [0.25, 0.3) is 11.2 Å². The Kier molecular flexibility index (Phi) is 6.81. The third-order valence-electron chi connectivity index (χ3n) is 5.20. The molecule has 4 rings (SSSR count). The highest BCUT2D eigenvalue weighted by Gasteiger charge is 2.20. The third-order valence-corrected chi connectivity index (χ3v) is 5.45. The number of ether oxygens (including phenoxy) is 1. The van der Waals surface area contributed by atoms with E-state index < -0.39 is 17.4 Å². The van der Waals surface area contributed by atoms with Crippen LogP contribution < -0.4 is 21.3 Å². The van der Waals surface area contributed by atoms with E-state index >= 15 is 0 Å². The summed E-state index contributed by atoms with van der Waals surface area (Å²) in [7, 11) is 1.53. The van der Waals surface area contributed by atoms with E-state index in [2.05, 4.69) is 15.3 Å². The minimum atomic E-state index is -0.940. The summed E-state index contributed by atoms with van der Waals surface area (Å²) in [5.74, 6) is 0.952. The van der Waals surface area contributed by atoms with Crippen LogP contribution in [-0.4, -0.2) is 43.5 Å². The summed E-state index contributed by atoms with van der Waals surface area (Å²) in [6.07, 6.45) is -0.203. The first-order valence-electron chi connectivity index (χ1n) is 10.5. The number of nitrogens with zero attached hydrogens (tertiary/aromatic N) is 3. The first-order valence-corrected chi connectivity index (χ1v) is 10.8. The molecule has 9 nitrogen and oxygen atoms in total. The fourth-order valence-corrected chi connectivity index (χ4v) is 3.62. The highest BCUT2D eigenvalue weighted by atomic mass is 35.5. The Balaban J connectivity index is 1.56. The second-order valence-electron chi connectivity index (χ2n) is 7.62. The van der Waals surface area contributed by atoms with Crippen molar-refractivity contribution in [3.8, 4) is 5.75 Å². The lowest BCUT2D eigenvalue weighted by molar-refractivity contribution is 0.0938. The lowest BCUT2D eigenvalue weighted by Crippen LogP contribution is -2.31. The van der Waals surface area contributed by atoms with E-state index in [-0.39, 0.29) is 24.3 Å². The van der Waals surface area contributed by atoms with Crippen molar-refractivity contribution in [2.45, 2.75) is 19.1 Å². The van der Waals surface area contributed by atoms with Crippen LogP contribution in [0, 0.1) is 0 Å². The number of hydrogen-bond donors (Lipinski definition) is 3. The molecule has 0 amide bonds. The molecule has 3 N–H and O–H groups in total. The fraction of sp³-hybridized carbons (Fsp3) is 0.261. The summed E-state index contributed by atoms with van der Waals surface area (Å²) < 4.78 is 8.48. The maximum Gasteiger partial charge on any atom is 0.329 e. The van der Waals surface area contributed by atoms with Gasteiger partial charge in [0.25, 0.3) is 5.56 Å². The van der Waals surface area contributed by atoms with Crippen molar-refractivity contribution >= 4 is 28.7 Å². The zero-order chi connectivity index (χ0) is 23.4. The van der Waals surface area contributed by atoms with Gasteiger partial charge in [0.15, 0.2) is 11.2 Å². The molecule has 4 aromatic rings. The van der Waals surface area contributed by atoms with Crippen LogP contribution in [0.1, 0.15) is 5.56 Å². The van der Waals surface area contributed by atoms with Crippen molar-refractivity contribution in [2.75, 3.05) is 18.5 Å². The van der Waals surface area contributed by atoms with Gasteiger partial charge in [0.05, 0.1) is 6.54 Å². The van der Waals surface area contributed by atoms with E-state index in [0.717, 1.165) is 12.0 Å². The van der Waals surface area contributed by atoms with Gasteiger partial charge < -0.3 is 19.7 Å². The fourth-order valence-electron chi connectivity index (χ4n) is 3.50. The Morgan fingerprint density at radius 3 is 2.61 bits per heavy atom. The van der Waals surface area contributed by atoms with Gasteiger partial charge in [0, 0.05) is 18.6 Å². The van der Waals surface area contributed by atoms with E-state index in [0.29, 0.717) is 23.3 Å². The number of imidazole rings is 1. The number of anilines is 1. The summed E-state index contributed by atoms with van der Waals surface area (Å²) in [4.78, 5) is 31.4. The molecule has 2 heterocycles. The molecule has 0 bridgehead atoms. The Labute approximate surface area is 194 Å². The maximum absolute atomic E-state index is 12.6. The number of nitrogens with one attached hydrogen (secondary N) is 2. The molecule has 0 aliphatic rings. The van der Waals surface area contributed by atoms with Gasteiger partial charge in [-0.15, -0.1) is 0 Å². The van der Waals surface area contributed by atoms with Crippen molar-refractivity contribution in [1.29, 1.82) is 0 Å². The normalized spacial score (nSPS) is 12.1. The number of H-pyrrole nitrogens is 1. The number of rotatable bonds is 9. The molecule has 0 saturated heterocycles. The predicted octanol–water partition coefficient (Wildman–Crippen LogP) is 2.17. The standard InChI is InChI=1S/C23H24ClN5O4/c1-28-20-19(21(31)27-23(28)32)29(13-17(30)14-33-18-9-7-16(24)8-10-18)22(26-20)25-12-11-15-5-3-2-4-6-15/h2-10,17,30H,11-14H2,1H3,(H,25,26)(H,27,31,32)/t17-/m0/s1. The average molecular weight is 470 g/mol. The predicted molar refractivity (Wildman–Crippen MR) is 127 cm³/mol. The number of halogens is 1. The van der Waals surface area contributed by atoms with E-state index in [9.17, 15) is 14.7 Å². The average Bonchev–Trinajstić information content (AvgIpc) is 3.16. The number of hydrogen-bond acceptors (Lipinski definition) is 6. The van der Waals surface area contributed by atoms with Crippen LogP contribution in [0.2, 0.25) is 5.02 Å². The number of fused-ring (bicyclic) bond motifs is 1. The molecule has 0 aliphatic carbocycles. The zero-order valence-corrected chi connectivity index (χ0v) is 18.7. The minimum absolute atomic E-state index is 0.00553. The van der Waals surface area contributed by atoms with Crippen LogP contribution in [-0.2, 0) is 20.0 Å². The number of benzene rings is 2. The van der Waals surface area contributed by atoms with E-state index in [1.807, 2.05) is 30.3 Å². The van der Waals surface area contributed by atoms with Crippen LogP contribution in [0.5, 0.6) is 5.75 Å². The van der Waals surface area contributed by atoms with E-state index in [1.54, 1.807) is 28.8 Å². The molecular weight excluding hydrogens is 446 g/mol. The Morgan fingerprint density at radius 1 is 1.15 bits per heavy atom. The first-order chi connectivity index (χ1) is 15.9. The number of aliphatic hydroxyl groups excluding tert-OH is 1. The summed E-state index contributed by atoms with van der Waals surface area (Å²) in [5.41, 5.74) is 0.457. The second kappa shape index (κ2) is 9.93. The van der Waals surface area contributed by atoms with Gasteiger partial charge in [-0.05, 0) is 36.2 Å². The molecular formula is C23H24ClN5O4. The van der Waals surface area contributed by atoms with E-state index in [1.165, 1.54) is 11.6 Å². The molecule has 0 fully saturated rings. The number of aryl methyl sites for hydroxylation is 1. The van der Waals surface area contributed by atoms with Crippen LogP contribution in [0.15, 0.2) is 64.2 Å². The monoisotopic (exact) mass is 469 g/mol. The second-order valence-corrected chi connectivity index (χ2v) is 8.05. The van der Waals surface area contributed by atoms with Crippen LogP contribution in [0.4, 0.5) is 5.95 Å². The van der Waals surface area contributed by atoms with Crippen LogP contribution >= 0.6 is 11.6 Å². The zero-order valence-electron chi connectivity index (χ0n) is 18.0. The van der Waals surface area contributed by atoms with E-state index in [4.69, 9.17) is 16.3 Å². The Hall–Kier alpha value is -3.56.